The maximum atomic E-state index is 13.6. The first-order valence-corrected chi connectivity index (χ1v) is 6.66. The van der Waals surface area contributed by atoms with Crippen molar-refractivity contribution in [3.8, 4) is 0 Å². The zero-order valence-corrected chi connectivity index (χ0v) is 11.0. The molecule has 2 rings (SSSR count). The normalized spacial score (nSPS) is 19.2. The molecule has 20 heavy (non-hydrogen) atoms. The number of nitrogens with zero attached hydrogens (tertiary/aromatic N) is 1. The number of amides is 1. The van der Waals surface area contributed by atoms with E-state index in [-0.39, 0.29) is 5.92 Å². The van der Waals surface area contributed by atoms with E-state index in [0.29, 0.717) is 31.8 Å². The van der Waals surface area contributed by atoms with Gasteiger partial charge in [-0.15, -0.1) is 0 Å². The number of hydrogen-bond donors (Lipinski definition) is 1. The van der Waals surface area contributed by atoms with Gasteiger partial charge in [-0.2, -0.15) is 0 Å². The SMILES string of the molecule is NCCC1CCCN(C(=O)c2c(F)cc(F)cc2F)C1. The fourth-order valence-electron chi connectivity index (χ4n) is 2.63. The lowest BCUT2D eigenvalue weighted by Crippen LogP contribution is -2.41. The van der Waals surface area contributed by atoms with Crippen LogP contribution < -0.4 is 5.73 Å². The molecule has 2 N–H and O–H groups in total. The Balaban J connectivity index is 2.19. The van der Waals surface area contributed by atoms with Crippen molar-refractivity contribution in [2.45, 2.75) is 19.3 Å². The second-order valence-corrected chi connectivity index (χ2v) is 5.08. The summed E-state index contributed by atoms with van der Waals surface area (Å²) in [7, 11) is 0. The molecule has 1 aliphatic rings. The molecule has 3 nitrogen and oxygen atoms in total. The third-order valence-corrected chi connectivity index (χ3v) is 3.60. The molecule has 0 aliphatic carbocycles. The number of hydrogen-bond acceptors (Lipinski definition) is 2. The average molecular weight is 286 g/mol. The first-order valence-electron chi connectivity index (χ1n) is 6.66. The van der Waals surface area contributed by atoms with Gasteiger partial charge in [0.2, 0.25) is 0 Å². The fourth-order valence-corrected chi connectivity index (χ4v) is 2.63. The van der Waals surface area contributed by atoms with Crippen LogP contribution in [0.15, 0.2) is 12.1 Å². The summed E-state index contributed by atoms with van der Waals surface area (Å²) in [6.45, 7) is 1.41. The number of piperidine rings is 1. The highest BCUT2D eigenvalue weighted by molar-refractivity contribution is 5.94. The Morgan fingerprint density at radius 3 is 2.55 bits per heavy atom. The minimum absolute atomic E-state index is 0.254. The van der Waals surface area contributed by atoms with Gasteiger partial charge in [0.25, 0.3) is 5.91 Å². The molecule has 0 radical (unpaired) electrons. The van der Waals surface area contributed by atoms with E-state index in [4.69, 9.17) is 5.73 Å². The topological polar surface area (TPSA) is 46.3 Å². The molecule has 6 heteroatoms. The third-order valence-electron chi connectivity index (χ3n) is 3.60. The van der Waals surface area contributed by atoms with Crippen molar-refractivity contribution in [1.29, 1.82) is 0 Å². The minimum Gasteiger partial charge on any atom is -0.338 e. The second-order valence-electron chi connectivity index (χ2n) is 5.08. The molecule has 0 aromatic heterocycles. The highest BCUT2D eigenvalue weighted by Crippen LogP contribution is 2.23. The average Bonchev–Trinajstić information content (AvgIpc) is 2.38. The minimum atomic E-state index is -1.16. The largest absolute Gasteiger partial charge is 0.338 e. The molecule has 1 aromatic carbocycles. The number of likely N-dealkylation sites (tertiary alicyclic amines) is 1. The molecule has 0 bridgehead atoms. The maximum absolute atomic E-state index is 13.6. The molecular formula is C14H17F3N2O. The van der Waals surface area contributed by atoms with Crippen LogP contribution in [0.5, 0.6) is 0 Å². The van der Waals surface area contributed by atoms with Gasteiger partial charge in [-0.25, -0.2) is 13.2 Å². The van der Waals surface area contributed by atoms with E-state index >= 15 is 0 Å². The Morgan fingerprint density at radius 2 is 1.95 bits per heavy atom. The van der Waals surface area contributed by atoms with Gasteiger partial charge in [0.1, 0.15) is 23.0 Å². The van der Waals surface area contributed by atoms with Gasteiger partial charge >= 0.3 is 0 Å². The van der Waals surface area contributed by atoms with Crippen LogP contribution in [0.3, 0.4) is 0 Å². The van der Waals surface area contributed by atoms with Crippen LogP contribution in [-0.2, 0) is 0 Å². The smallest absolute Gasteiger partial charge is 0.259 e. The van der Waals surface area contributed by atoms with Gasteiger partial charge in [-0.05, 0) is 31.7 Å². The van der Waals surface area contributed by atoms with Gasteiger partial charge < -0.3 is 10.6 Å². The lowest BCUT2D eigenvalue weighted by atomic mass is 9.94. The summed E-state index contributed by atoms with van der Waals surface area (Å²) in [5.74, 6) is -3.82. The predicted molar refractivity (Wildman–Crippen MR) is 68.6 cm³/mol. The number of halogens is 3. The molecule has 110 valence electrons. The fraction of sp³-hybridized carbons (Fsp3) is 0.500. The standard InChI is InChI=1S/C14H17F3N2O/c15-10-6-11(16)13(12(17)7-10)14(20)19-5-1-2-9(8-19)3-4-18/h6-7,9H,1-5,8,18H2. The lowest BCUT2D eigenvalue weighted by Gasteiger charge is -2.32. The van der Waals surface area contributed by atoms with Crippen molar-refractivity contribution >= 4 is 5.91 Å². The van der Waals surface area contributed by atoms with Crippen LogP contribution in [0.2, 0.25) is 0 Å². The molecule has 1 unspecified atom stereocenters. The third kappa shape index (κ3) is 3.12. The Bertz CT molecular complexity index is 482. The molecule has 1 amide bonds. The van der Waals surface area contributed by atoms with Gasteiger partial charge in [0.05, 0.1) is 0 Å². The van der Waals surface area contributed by atoms with Crippen LogP contribution in [0, 0.1) is 23.4 Å². The van der Waals surface area contributed by atoms with Crippen molar-refractivity contribution in [1.82, 2.24) is 4.90 Å². The number of carbonyl (C=O) groups excluding carboxylic acids is 1. The first-order chi connectivity index (χ1) is 9.52. The van der Waals surface area contributed by atoms with Gasteiger partial charge in [-0.3, -0.25) is 4.79 Å². The molecule has 0 spiro atoms. The predicted octanol–water partition coefficient (Wildman–Crippen LogP) is 2.30. The number of nitrogens with two attached hydrogens (primary N) is 1. The summed E-state index contributed by atoms with van der Waals surface area (Å²) in [4.78, 5) is 13.6. The maximum Gasteiger partial charge on any atom is 0.259 e. The van der Waals surface area contributed by atoms with Crippen LogP contribution in [-0.4, -0.2) is 30.4 Å². The van der Waals surface area contributed by atoms with Crippen molar-refractivity contribution in [2.24, 2.45) is 11.7 Å². The molecule has 1 heterocycles. The van der Waals surface area contributed by atoms with Crippen molar-refractivity contribution in [2.75, 3.05) is 19.6 Å². The lowest BCUT2D eigenvalue weighted by molar-refractivity contribution is 0.0659. The molecular weight excluding hydrogens is 269 g/mol. The van der Waals surface area contributed by atoms with Crippen molar-refractivity contribution in [3.63, 3.8) is 0 Å². The van der Waals surface area contributed by atoms with E-state index in [1.807, 2.05) is 0 Å². The highest BCUT2D eigenvalue weighted by atomic mass is 19.1. The molecule has 1 saturated heterocycles. The van der Waals surface area contributed by atoms with Crippen LogP contribution in [0.25, 0.3) is 0 Å². The Kier molecular flexibility index (Phi) is 4.65. The summed E-state index contributed by atoms with van der Waals surface area (Å²) in [6, 6.07) is 1.05. The Labute approximate surface area is 115 Å². The van der Waals surface area contributed by atoms with Crippen LogP contribution in [0.1, 0.15) is 29.6 Å². The number of rotatable bonds is 3. The van der Waals surface area contributed by atoms with E-state index in [9.17, 15) is 18.0 Å². The molecule has 1 fully saturated rings. The number of carbonyl (C=O) groups is 1. The first kappa shape index (κ1) is 14.8. The van der Waals surface area contributed by atoms with Crippen molar-refractivity contribution in [3.05, 3.63) is 35.1 Å². The van der Waals surface area contributed by atoms with Crippen LogP contribution in [0.4, 0.5) is 13.2 Å². The van der Waals surface area contributed by atoms with Gasteiger partial charge in [-0.1, -0.05) is 0 Å². The monoisotopic (exact) mass is 286 g/mol. The molecule has 1 aromatic rings. The molecule has 0 saturated carbocycles. The van der Waals surface area contributed by atoms with E-state index in [1.165, 1.54) is 4.90 Å². The summed E-state index contributed by atoms with van der Waals surface area (Å²) in [6.07, 6.45) is 2.51. The summed E-state index contributed by atoms with van der Waals surface area (Å²) in [5.41, 5.74) is 4.81. The van der Waals surface area contributed by atoms with E-state index in [0.717, 1.165) is 19.3 Å². The van der Waals surface area contributed by atoms with Crippen LogP contribution >= 0.6 is 0 Å². The quantitative estimate of drug-likeness (QED) is 0.926. The Hall–Kier alpha value is -1.56. The van der Waals surface area contributed by atoms with E-state index in [2.05, 4.69) is 0 Å². The van der Waals surface area contributed by atoms with Gasteiger partial charge in [0.15, 0.2) is 0 Å². The van der Waals surface area contributed by atoms with Gasteiger partial charge in [0, 0.05) is 25.2 Å². The molecule has 1 aliphatic heterocycles. The summed E-state index contributed by atoms with van der Waals surface area (Å²) in [5, 5.41) is 0. The van der Waals surface area contributed by atoms with E-state index < -0.39 is 28.9 Å². The zero-order chi connectivity index (χ0) is 14.7. The zero-order valence-electron chi connectivity index (χ0n) is 11.0. The van der Waals surface area contributed by atoms with Crippen molar-refractivity contribution < 1.29 is 18.0 Å². The summed E-state index contributed by atoms with van der Waals surface area (Å²) >= 11 is 0. The highest BCUT2D eigenvalue weighted by Gasteiger charge is 2.28. The summed E-state index contributed by atoms with van der Waals surface area (Å²) < 4.78 is 40.1. The molecule has 1 atom stereocenters. The van der Waals surface area contributed by atoms with E-state index in [1.54, 1.807) is 0 Å². The number of benzene rings is 1. The Morgan fingerprint density at radius 1 is 1.30 bits per heavy atom. The second kappa shape index (κ2) is 6.26.